The number of amides is 2. The van der Waals surface area contributed by atoms with Gasteiger partial charge in [0.05, 0.1) is 13.2 Å². The molecular weight excluding hydrogens is 302 g/mol. The Hall–Kier alpha value is -1.97. The van der Waals surface area contributed by atoms with Gasteiger partial charge < -0.3 is 25.2 Å². The fraction of sp³-hybridized carbons (Fsp3) is 0.643. The number of carbonyl (C=O) groups excluding carboxylic acids is 2. The number of ether oxygens (including phenoxy) is 1. The van der Waals surface area contributed by atoms with Gasteiger partial charge in [0.25, 0.3) is 0 Å². The number of aryl methyl sites for hydroxylation is 1. The number of hydrogen-bond acceptors (Lipinski definition) is 7. The first-order valence-electron chi connectivity index (χ1n) is 7.48. The molecule has 0 spiro atoms. The standard InChI is InChI=1S/C14H23N5O4/c1-10-7-12(17-23-10)16-13(20)8-18-3-5-19(6-4-18)14(21)11(15)9-22-2/h7,11H,3-6,8-9,15H2,1-2H3,(H,16,17,20). The van der Waals surface area contributed by atoms with Crippen molar-refractivity contribution in [1.82, 2.24) is 15.0 Å². The van der Waals surface area contributed by atoms with Gasteiger partial charge in [0.1, 0.15) is 11.8 Å². The van der Waals surface area contributed by atoms with Gasteiger partial charge in [0.15, 0.2) is 5.82 Å². The zero-order valence-electron chi connectivity index (χ0n) is 13.4. The molecule has 1 aromatic heterocycles. The minimum absolute atomic E-state index is 0.117. The van der Waals surface area contributed by atoms with Crippen LogP contribution in [0.1, 0.15) is 5.76 Å². The van der Waals surface area contributed by atoms with Crippen LogP contribution in [-0.4, -0.2) is 79.3 Å². The van der Waals surface area contributed by atoms with Crippen LogP contribution >= 0.6 is 0 Å². The molecular formula is C14H23N5O4. The predicted molar refractivity (Wildman–Crippen MR) is 82.7 cm³/mol. The fourth-order valence-corrected chi connectivity index (χ4v) is 2.42. The monoisotopic (exact) mass is 325 g/mol. The summed E-state index contributed by atoms with van der Waals surface area (Å²) < 4.78 is 9.79. The Labute approximate surface area is 134 Å². The lowest BCUT2D eigenvalue weighted by Gasteiger charge is -2.35. The maximum atomic E-state index is 12.1. The van der Waals surface area contributed by atoms with Crippen molar-refractivity contribution < 1.29 is 18.8 Å². The van der Waals surface area contributed by atoms with Crippen molar-refractivity contribution in [2.24, 2.45) is 5.73 Å². The highest BCUT2D eigenvalue weighted by molar-refractivity contribution is 5.91. The Kier molecular flexibility index (Phi) is 6.08. The Morgan fingerprint density at radius 1 is 1.43 bits per heavy atom. The summed E-state index contributed by atoms with van der Waals surface area (Å²) in [5, 5.41) is 6.39. The molecule has 3 N–H and O–H groups in total. The third-order valence-electron chi connectivity index (χ3n) is 3.61. The molecule has 0 aromatic carbocycles. The maximum absolute atomic E-state index is 12.1. The summed E-state index contributed by atoms with van der Waals surface area (Å²) in [6.45, 7) is 4.55. The molecule has 2 rings (SSSR count). The number of methoxy groups -OCH3 is 1. The number of piperazine rings is 1. The smallest absolute Gasteiger partial charge is 0.241 e. The van der Waals surface area contributed by atoms with Gasteiger partial charge in [-0.2, -0.15) is 0 Å². The van der Waals surface area contributed by atoms with Crippen LogP contribution in [0.5, 0.6) is 0 Å². The van der Waals surface area contributed by atoms with E-state index >= 15 is 0 Å². The molecule has 9 nitrogen and oxygen atoms in total. The third kappa shape index (κ3) is 5.02. The quantitative estimate of drug-likeness (QED) is 0.692. The van der Waals surface area contributed by atoms with E-state index in [1.54, 1.807) is 17.9 Å². The van der Waals surface area contributed by atoms with Gasteiger partial charge in [0.2, 0.25) is 11.8 Å². The molecule has 0 bridgehead atoms. The highest BCUT2D eigenvalue weighted by Gasteiger charge is 2.26. The van der Waals surface area contributed by atoms with E-state index < -0.39 is 6.04 Å². The van der Waals surface area contributed by atoms with Gasteiger partial charge >= 0.3 is 0 Å². The summed E-state index contributed by atoms with van der Waals surface area (Å²) in [6, 6.07) is 1.02. The minimum Gasteiger partial charge on any atom is -0.383 e. The number of anilines is 1. The van der Waals surface area contributed by atoms with E-state index in [2.05, 4.69) is 10.5 Å². The molecule has 0 aliphatic carbocycles. The van der Waals surface area contributed by atoms with Crippen molar-refractivity contribution in [2.45, 2.75) is 13.0 Å². The number of nitrogens with one attached hydrogen (secondary N) is 1. The largest absolute Gasteiger partial charge is 0.383 e. The number of nitrogens with two attached hydrogens (primary N) is 1. The van der Waals surface area contributed by atoms with Crippen molar-refractivity contribution in [3.63, 3.8) is 0 Å². The average molecular weight is 325 g/mol. The summed E-state index contributed by atoms with van der Waals surface area (Å²) in [5.74, 6) is 0.773. The number of carbonyl (C=O) groups is 2. The van der Waals surface area contributed by atoms with E-state index in [0.717, 1.165) is 0 Å². The Morgan fingerprint density at radius 3 is 2.70 bits per heavy atom. The Bertz CT molecular complexity index is 539. The average Bonchev–Trinajstić information content (AvgIpc) is 2.92. The SMILES string of the molecule is COCC(N)C(=O)N1CCN(CC(=O)Nc2cc(C)on2)CC1. The van der Waals surface area contributed by atoms with Crippen LogP contribution in [-0.2, 0) is 14.3 Å². The molecule has 1 saturated heterocycles. The molecule has 1 atom stereocenters. The van der Waals surface area contributed by atoms with Crippen molar-refractivity contribution >= 4 is 17.6 Å². The van der Waals surface area contributed by atoms with E-state index in [0.29, 0.717) is 37.8 Å². The van der Waals surface area contributed by atoms with Crippen molar-refractivity contribution in [3.8, 4) is 0 Å². The highest BCUT2D eigenvalue weighted by Crippen LogP contribution is 2.08. The van der Waals surface area contributed by atoms with Gasteiger partial charge in [-0.3, -0.25) is 14.5 Å². The maximum Gasteiger partial charge on any atom is 0.241 e. The van der Waals surface area contributed by atoms with Crippen LogP contribution in [0.3, 0.4) is 0 Å². The van der Waals surface area contributed by atoms with E-state index in [-0.39, 0.29) is 25.0 Å². The second-order valence-corrected chi connectivity index (χ2v) is 5.53. The molecule has 0 saturated carbocycles. The third-order valence-corrected chi connectivity index (χ3v) is 3.61. The molecule has 1 aromatic rings. The first kappa shape index (κ1) is 17.4. The van der Waals surface area contributed by atoms with E-state index in [1.165, 1.54) is 7.11 Å². The summed E-state index contributed by atoms with van der Waals surface area (Å²) >= 11 is 0. The predicted octanol–water partition coefficient (Wildman–Crippen LogP) is -0.961. The Balaban J connectivity index is 1.74. The van der Waals surface area contributed by atoms with Gasteiger partial charge in [-0.25, -0.2) is 0 Å². The van der Waals surface area contributed by atoms with Crippen LogP contribution < -0.4 is 11.1 Å². The lowest BCUT2D eigenvalue weighted by molar-refractivity contribution is -0.135. The molecule has 1 aliphatic rings. The first-order chi connectivity index (χ1) is 11.0. The van der Waals surface area contributed by atoms with E-state index in [4.69, 9.17) is 15.0 Å². The number of rotatable bonds is 6. The summed E-state index contributed by atoms with van der Waals surface area (Å²) in [4.78, 5) is 27.7. The summed E-state index contributed by atoms with van der Waals surface area (Å²) in [6.07, 6.45) is 0. The zero-order chi connectivity index (χ0) is 16.8. The van der Waals surface area contributed by atoms with Crippen LogP contribution in [0, 0.1) is 6.92 Å². The molecule has 1 aliphatic heterocycles. The molecule has 0 radical (unpaired) electrons. The van der Waals surface area contributed by atoms with Crippen LogP contribution in [0.2, 0.25) is 0 Å². The topological polar surface area (TPSA) is 114 Å². The summed E-state index contributed by atoms with van der Waals surface area (Å²) in [5.41, 5.74) is 5.75. The number of aromatic nitrogens is 1. The highest BCUT2D eigenvalue weighted by atomic mass is 16.5. The molecule has 9 heteroatoms. The van der Waals surface area contributed by atoms with Crippen molar-refractivity contribution in [3.05, 3.63) is 11.8 Å². The van der Waals surface area contributed by atoms with E-state index in [1.807, 2.05) is 4.90 Å². The van der Waals surface area contributed by atoms with Crippen molar-refractivity contribution in [1.29, 1.82) is 0 Å². The normalized spacial score (nSPS) is 17.1. The Morgan fingerprint density at radius 2 is 2.13 bits per heavy atom. The van der Waals surface area contributed by atoms with Gasteiger partial charge in [-0.1, -0.05) is 5.16 Å². The minimum atomic E-state index is -0.634. The van der Waals surface area contributed by atoms with Gasteiger partial charge in [-0.05, 0) is 6.92 Å². The number of hydrogen-bond donors (Lipinski definition) is 2. The van der Waals surface area contributed by atoms with Gasteiger partial charge in [-0.15, -0.1) is 0 Å². The zero-order valence-corrected chi connectivity index (χ0v) is 13.4. The summed E-state index contributed by atoms with van der Waals surface area (Å²) in [7, 11) is 1.51. The van der Waals surface area contributed by atoms with Crippen molar-refractivity contribution in [2.75, 3.05) is 51.8 Å². The lowest BCUT2D eigenvalue weighted by Crippen LogP contribution is -2.55. The second-order valence-electron chi connectivity index (χ2n) is 5.53. The number of nitrogens with zero attached hydrogens (tertiary/aromatic N) is 3. The molecule has 2 amide bonds. The fourth-order valence-electron chi connectivity index (χ4n) is 2.42. The van der Waals surface area contributed by atoms with E-state index in [9.17, 15) is 9.59 Å². The lowest BCUT2D eigenvalue weighted by atomic mass is 10.2. The van der Waals surface area contributed by atoms with Crippen LogP contribution in [0.4, 0.5) is 5.82 Å². The van der Waals surface area contributed by atoms with Gasteiger partial charge in [0, 0.05) is 39.4 Å². The van der Waals surface area contributed by atoms with Crippen LogP contribution in [0.25, 0.3) is 0 Å². The molecule has 1 unspecified atom stereocenters. The van der Waals surface area contributed by atoms with Crippen LogP contribution in [0.15, 0.2) is 10.6 Å². The first-order valence-corrected chi connectivity index (χ1v) is 7.48. The molecule has 128 valence electrons. The molecule has 1 fully saturated rings. The molecule has 23 heavy (non-hydrogen) atoms. The second kappa shape index (κ2) is 8.04. The molecule has 2 heterocycles.